The van der Waals surface area contributed by atoms with Gasteiger partial charge in [0.05, 0.1) is 7.11 Å². The summed E-state index contributed by atoms with van der Waals surface area (Å²) in [5, 5.41) is 1.32. The molecule has 122 valence electrons. The molecule has 0 atom stereocenters. The number of para-hydroxylation sites is 1. The largest absolute Gasteiger partial charge is 0.497 e. The summed E-state index contributed by atoms with van der Waals surface area (Å²) in [6, 6.07) is 16.8. The fourth-order valence-corrected chi connectivity index (χ4v) is 2.94. The zero-order valence-corrected chi connectivity index (χ0v) is 14.2. The first-order chi connectivity index (χ1) is 10.8. The van der Waals surface area contributed by atoms with Gasteiger partial charge in [-0.15, -0.1) is 12.4 Å². The van der Waals surface area contributed by atoms with Crippen molar-refractivity contribution in [2.75, 3.05) is 13.7 Å². The van der Waals surface area contributed by atoms with Crippen LogP contribution in [0.25, 0.3) is 10.9 Å². The number of hydrogen-bond acceptors (Lipinski definition) is 2. The Kier molecular flexibility index (Phi) is 6.08. The van der Waals surface area contributed by atoms with Crippen molar-refractivity contribution in [1.82, 2.24) is 4.57 Å². The van der Waals surface area contributed by atoms with E-state index in [9.17, 15) is 0 Å². The summed E-state index contributed by atoms with van der Waals surface area (Å²) in [4.78, 5) is 0. The summed E-state index contributed by atoms with van der Waals surface area (Å²) in [5.74, 6) is 0.915. The van der Waals surface area contributed by atoms with Crippen molar-refractivity contribution in [2.24, 2.45) is 5.73 Å². The van der Waals surface area contributed by atoms with E-state index in [0.717, 1.165) is 25.1 Å². The van der Waals surface area contributed by atoms with E-state index in [-0.39, 0.29) is 12.4 Å². The van der Waals surface area contributed by atoms with Gasteiger partial charge in [0.2, 0.25) is 0 Å². The molecule has 1 aromatic heterocycles. The lowest BCUT2D eigenvalue weighted by Gasteiger charge is -2.07. The normalized spacial score (nSPS) is 10.5. The first-order valence-corrected chi connectivity index (χ1v) is 7.71. The smallest absolute Gasteiger partial charge is 0.119 e. The summed E-state index contributed by atoms with van der Waals surface area (Å²) in [5.41, 5.74) is 9.65. The number of fused-ring (bicyclic) bond motifs is 1. The van der Waals surface area contributed by atoms with Crippen LogP contribution in [0.15, 0.2) is 54.7 Å². The molecule has 0 amide bonds. The molecule has 0 aliphatic heterocycles. The molecule has 0 spiro atoms. The van der Waals surface area contributed by atoms with E-state index < -0.39 is 0 Å². The molecule has 0 fully saturated rings. The summed E-state index contributed by atoms with van der Waals surface area (Å²) in [6.07, 6.45) is 4.16. The lowest BCUT2D eigenvalue weighted by atomic mass is 10.1. The summed E-state index contributed by atoms with van der Waals surface area (Å²) in [7, 11) is 1.71. The number of nitrogens with zero attached hydrogens (tertiary/aromatic N) is 1. The number of aryl methyl sites for hydroxylation is 2. The van der Waals surface area contributed by atoms with Gasteiger partial charge in [0.1, 0.15) is 5.75 Å². The third-order valence-electron chi connectivity index (χ3n) is 4.06. The predicted molar refractivity (Wildman–Crippen MR) is 98.6 cm³/mol. The summed E-state index contributed by atoms with van der Waals surface area (Å²) < 4.78 is 7.63. The average molecular weight is 331 g/mol. The van der Waals surface area contributed by atoms with Gasteiger partial charge in [-0.05, 0) is 48.7 Å². The third-order valence-corrected chi connectivity index (χ3v) is 4.06. The molecule has 0 radical (unpaired) electrons. The molecule has 0 aliphatic carbocycles. The zero-order chi connectivity index (χ0) is 15.4. The SMILES string of the molecule is COc1cccc(CCn2cc(CCN)c3ccccc32)c1.Cl. The highest BCUT2D eigenvalue weighted by atomic mass is 35.5. The molecule has 2 aromatic carbocycles. The molecule has 3 rings (SSSR count). The van der Waals surface area contributed by atoms with Gasteiger partial charge in [0.25, 0.3) is 0 Å². The fourth-order valence-electron chi connectivity index (χ4n) is 2.94. The van der Waals surface area contributed by atoms with Crippen LogP contribution in [0.3, 0.4) is 0 Å². The Bertz CT molecular complexity index is 767. The van der Waals surface area contributed by atoms with Gasteiger partial charge in [-0.25, -0.2) is 0 Å². The van der Waals surface area contributed by atoms with Crippen molar-refractivity contribution < 1.29 is 4.74 Å². The van der Waals surface area contributed by atoms with Crippen LogP contribution in [-0.4, -0.2) is 18.2 Å². The van der Waals surface area contributed by atoms with Gasteiger partial charge in [-0.1, -0.05) is 30.3 Å². The van der Waals surface area contributed by atoms with Crippen molar-refractivity contribution in [3.63, 3.8) is 0 Å². The number of benzene rings is 2. The quantitative estimate of drug-likeness (QED) is 0.746. The Morgan fingerprint density at radius 1 is 1.04 bits per heavy atom. The van der Waals surface area contributed by atoms with E-state index in [0.29, 0.717) is 6.54 Å². The van der Waals surface area contributed by atoms with Gasteiger partial charge in [0.15, 0.2) is 0 Å². The molecule has 0 saturated heterocycles. The minimum atomic E-state index is 0. The van der Waals surface area contributed by atoms with Gasteiger partial charge in [-0.3, -0.25) is 0 Å². The first-order valence-electron chi connectivity index (χ1n) is 7.71. The number of hydrogen-bond donors (Lipinski definition) is 1. The van der Waals surface area contributed by atoms with Crippen molar-refractivity contribution in [3.05, 3.63) is 65.9 Å². The van der Waals surface area contributed by atoms with E-state index in [1.54, 1.807) is 7.11 Å². The van der Waals surface area contributed by atoms with E-state index >= 15 is 0 Å². The second kappa shape index (κ2) is 8.04. The number of halogens is 1. The average Bonchev–Trinajstić information content (AvgIpc) is 2.92. The Hall–Kier alpha value is -1.97. The van der Waals surface area contributed by atoms with Crippen molar-refractivity contribution in [3.8, 4) is 5.75 Å². The van der Waals surface area contributed by atoms with Crippen LogP contribution in [0.1, 0.15) is 11.1 Å². The van der Waals surface area contributed by atoms with E-state index in [1.165, 1.54) is 22.0 Å². The van der Waals surface area contributed by atoms with Crippen LogP contribution in [0.5, 0.6) is 5.75 Å². The molecule has 4 heteroatoms. The molecule has 0 aliphatic rings. The second-order valence-corrected chi connectivity index (χ2v) is 5.51. The monoisotopic (exact) mass is 330 g/mol. The van der Waals surface area contributed by atoms with Crippen LogP contribution in [0.2, 0.25) is 0 Å². The number of nitrogens with two attached hydrogens (primary N) is 1. The highest BCUT2D eigenvalue weighted by Gasteiger charge is 2.07. The number of rotatable bonds is 6. The van der Waals surface area contributed by atoms with Gasteiger partial charge < -0.3 is 15.0 Å². The lowest BCUT2D eigenvalue weighted by Crippen LogP contribution is -2.02. The number of aromatic nitrogens is 1. The fraction of sp³-hybridized carbons (Fsp3) is 0.263. The molecule has 3 aromatic rings. The molecule has 0 saturated carbocycles. The highest BCUT2D eigenvalue weighted by molar-refractivity contribution is 5.85. The molecular weight excluding hydrogens is 308 g/mol. The lowest BCUT2D eigenvalue weighted by molar-refractivity contribution is 0.414. The topological polar surface area (TPSA) is 40.2 Å². The molecule has 3 nitrogen and oxygen atoms in total. The van der Waals surface area contributed by atoms with E-state index in [2.05, 4.69) is 47.2 Å². The highest BCUT2D eigenvalue weighted by Crippen LogP contribution is 2.22. The van der Waals surface area contributed by atoms with E-state index in [1.807, 2.05) is 12.1 Å². The minimum absolute atomic E-state index is 0. The minimum Gasteiger partial charge on any atom is -0.497 e. The number of methoxy groups -OCH3 is 1. The molecule has 1 heterocycles. The van der Waals surface area contributed by atoms with Crippen LogP contribution < -0.4 is 10.5 Å². The molecule has 0 bridgehead atoms. The molecular formula is C19H23ClN2O. The molecule has 2 N–H and O–H groups in total. The van der Waals surface area contributed by atoms with Crippen molar-refractivity contribution >= 4 is 23.3 Å². The molecule has 0 unspecified atom stereocenters. The van der Waals surface area contributed by atoms with Crippen LogP contribution in [0.4, 0.5) is 0 Å². The van der Waals surface area contributed by atoms with Gasteiger partial charge in [-0.2, -0.15) is 0 Å². The molecule has 23 heavy (non-hydrogen) atoms. The Morgan fingerprint density at radius 2 is 1.87 bits per heavy atom. The summed E-state index contributed by atoms with van der Waals surface area (Å²) >= 11 is 0. The Labute approximate surface area is 143 Å². The maximum absolute atomic E-state index is 5.73. The third kappa shape index (κ3) is 3.87. The maximum Gasteiger partial charge on any atom is 0.119 e. The van der Waals surface area contributed by atoms with Crippen LogP contribution in [0, 0.1) is 0 Å². The zero-order valence-electron chi connectivity index (χ0n) is 13.4. The van der Waals surface area contributed by atoms with E-state index in [4.69, 9.17) is 10.5 Å². The van der Waals surface area contributed by atoms with Gasteiger partial charge in [0, 0.05) is 23.6 Å². The second-order valence-electron chi connectivity index (χ2n) is 5.51. The summed E-state index contributed by atoms with van der Waals surface area (Å²) in [6.45, 7) is 1.64. The van der Waals surface area contributed by atoms with Gasteiger partial charge >= 0.3 is 0 Å². The predicted octanol–water partition coefficient (Wildman–Crippen LogP) is 3.82. The standard InChI is InChI=1S/C19H22N2O.ClH/c1-22-17-6-4-5-15(13-17)10-12-21-14-16(9-11-20)18-7-2-3-8-19(18)21;/h2-8,13-14H,9-12,20H2,1H3;1H. The number of ether oxygens (including phenoxy) is 1. The Balaban J connectivity index is 0.00000192. The Morgan fingerprint density at radius 3 is 2.65 bits per heavy atom. The van der Waals surface area contributed by atoms with Crippen molar-refractivity contribution in [2.45, 2.75) is 19.4 Å². The van der Waals surface area contributed by atoms with Crippen LogP contribution in [-0.2, 0) is 19.4 Å². The first kappa shape index (κ1) is 17.4. The van der Waals surface area contributed by atoms with Crippen molar-refractivity contribution in [1.29, 1.82) is 0 Å². The van der Waals surface area contributed by atoms with Crippen LogP contribution >= 0.6 is 12.4 Å². The maximum atomic E-state index is 5.73.